The topological polar surface area (TPSA) is 67.8 Å². The molecule has 1 unspecified atom stereocenters. The van der Waals surface area contributed by atoms with Crippen LogP contribution in [-0.2, 0) is 25.0 Å². The summed E-state index contributed by atoms with van der Waals surface area (Å²) in [5.41, 5.74) is 1.03. The van der Waals surface area contributed by atoms with Crippen molar-refractivity contribution in [3.63, 3.8) is 0 Å². The van der Waals surface area contributed by atoms with E-state index < -0.39 is 7.82 Å². The molecule has 0 amide bonds. The van der Waals surface area contributed by atoms with E-state index in [4.69, 9.17) is 13.8 Å². The second-order valence-corrected chi connectivity index (χ2v) is 7.08. The molecule has 21 heavy (non-hydrogen) atoms. The summed E-state index contributed by atoms with van der Waals surface area (Å²) in [5, 5.41) is 0. The van der Waals surface area contributed by atoms with Gasteiger partial charge in [-0.2, -0.15) is 0 Å². The first kappa shape index (κ1) is 18.3. The van der Waals surface area contributed by atoms with Gasteiger partial charge in [0.05, 0.1) is 41.0 Å². The molecule has 0 aliphatic rings. The second kappa shape index (κ2) is 8.63. The van der Waals surface area contributed by atoms with Crippen LogP contribution in [0.25, 0.3) is 0 Å². The Labute approximate surface area is 126 Å². The van der Waals surface area contributed by atoms with Crippen LogP contribution in [0, 0.1) is 0 Å². The molecule has 0 aliphatic heterocycles. The van der Waals surface area contributed by atoms with E-state index in [1.54, 1.807) is 0 Å². The molecule has 1 aromatic carbocycles. The monoisotopic (exact) mass is 317 g/mol. The fourth-order valence-corrected chi connectivity index (χ4v) is 2.11. The zero-order chi connectivity index (χ0) is 15.8. The van der Waals surface area contributed by atoms with Crippen molar-refractivity contribution in [2.45, 2.75) is 6.61 Å². The third kappa shape index (κ3) is 9.74. The Morgan fingerprint density at radius 2 is 1.67 bits per heavy atom. The number of quaternary nitrogens is 1. The normalized spacial score (nSPS) is 14.9. The Hall–Kier alpha value is -0.750. The van der Waals surface area contributed by atoms with Gasteiger partial charge in [0.15, 0.2) is 0 Å². The fraction of sp³-hybridized carbons (Fsp3) is 0.571. The number of likely N-dealkylation sites (N-methyl/N-ethyl adjacent to an activating group) is 1. The van der Waals surface area contributed by atoms with Gasteiger partial charge in [0.25, 0.3) is 7.82 Å². The van der Waals surface area contributed by atoms with Crippen LogP contribution in [0.15, 0.2) is 30.3 Å². The molecular formula is C14H24NO5P. The van der Waals surface area contributed by atoms with E-state index in [0.717, 1.165) is 5.56 Å². The van der Waals surface area contributed by atoms with Crippen LogP contribution in [0.5, 0.6) is 0 Å². The van der Waals surface area contributed by atoms with Crippen molar-refractivity contribution in [3.05, 3.63) is 35.9 Å². The molecule has 0 saturated heterocycles. The molecule has 0 bridgehead atoms. The lowest BCUT2D eigenvalue weighted by Gasteiger charge is -2.27. The zero-order valence-electron chi connectivity index (χ0n) is 12.9. The van der Waals surface area contributed by atoms with Crippen LogP contribution in [0.4, 0.5) is 0 Å². The Balaban J connectivity index is 2.12. The predicted octanol–water partition coefficient (Wildman–Crippen LogP) is 1.41. The number of hydrogen-bond acceptors (Lipinski definition) is 5. The van der Waals surface area contributed by atoms with Gasteiger partial charge in [-0.25, -0.2) is 0 Å². The van der Waals surface area contributed by atoms with E-state index in [-0.39, 0.29) is 19.8 Å². The van der Waals surface area contributed by atoms with Crippen molar-refractivity contribution in [1.82, 2.24) is 0 Å². The van der Waals surface area contributed by atoms with Crippen LogP contribution >= 0.6 is 7.82 Å². The van der Waals surface area contributed by atoms with Crippen molar-refractivity contribution in [2.75, 3.05) is 47.5 Å². The second-order valence-electron chi connectivity index (χ2n) is 5.67. The zero-order valence-corrected chi connectivity index (χ0v) is 13.8. The van der Waals surface area contributed by atoms with Gasteiger partial charge < -0.3 is 23.2 Å². The molecule has 1 aromatic rings. The van der Waals surface area contributed by atoms with E-state index in [0.29, 0.717) is 17.6 Å². The van der Waals surface area contributed by atoms with Crippen molar-refractivity contribution < 1.29 is 27.7 Å². The quantitative estimate of drug-likeness (QED) is 0.371. The Morgan fingerprint density at radius 1 is 1.05 bits per heavy atom. The van der Waals surface area contributed by atoms with Crippen LogP contribution in [0.1, 0.15) is 5.56 Å². The van der Waals surface area contributed by atoms with E-state index in [9.17, 15) is 9.46 Å². The summed E-state index contributed by atoms with van der Waals surface area (Å²) >= 11 is 0. The summed E-state index contributed by atoms with van der Waals surface area (Å²) in [6.07, 6.45) is 0. The minimum Gasteiger partial charge on any atom is -0.756 e. The number of benzene rings is 1. The van der Waals surface area contributed by atoms with E-state index in [1.165, 1.54) is 0 Å². The minimum atomic E-state index is -4.23. The first-order chi connectivity index (χ1) is 9.79. The predicted molar refractivity (Wildman–Crippen MR) is 78.5 cm³/mol. The highest BCUT2D eigenvalue weighted by atomic mass is 31.2. The van der Waals surface area contributed by atoms with Gasteiger partial charge in [-0.05, 0) is 5.56 Å². The van der Waals surface area contributed by atoms with Crippen LogP contribution in [0.3, 0.4) is 0 Å². The van der Waals surface area contributed by atoms with Crippen LogP contribution < -0.4 is 4.89 Å². The van der Waals surface area contributed by atoms with E-state index in [2.05, 4.69) is 0 Å². The van der Waals surface area contributed by atoms with Gasteiger partial charge >= 0.3 is 0 Å². The minimum absolute atomic E-state index is 0.0437. The lowest BCUT2D eigenvalue weighted by molar-refractivity contribution is -0.870. The lowest BCUT2D eigenvalue weighted by atomic mass is 10.2. The van der Waals surface area contributed by atoms with Crippen molar-refractivity contribution in [3.8, 4) is 0 Å². The molecule has 7 heteroatoms. The Kier molecular flexibility index (Phi) is 7.52. The summed E-state index contributed by atoms with van der Waals surface area (Å²) in [7, 11) is 1.64. The maximum Gasteiger partial charge on any atom is 0.268 e. The third-order valence-electron chi connectivity index (χ3n) is 2.60. The number of ether oxygens (including phenoxy) is 1. The average Bonchev–Trinajstić information content (AvgIpc) is 2.37. The highest BCUT2D eigenvalue weighted by Gasteiger charge is 2.13. The van der Waals surface area contributed by atoms with Gasteiger partial charge in [-0.1, -0.05) is 30.3 Å². The van der Waals surface area contributed by atoms with Crippen LogP contribution in [-0.4, -0.2) is 52.0 Å². The molecule has 0 heterocycles. The molecule has 0 radical (unpaired) electrons. The standard InChI is InChI=1S/C14H24NO5P/c1-15(2,3)9-10-19-21(16,17)20-12-11-18-13-14-7-5-4-6-8-14/h4-8H,9-13H2,1-3H3. The average molecular weight is 317 g/mol. The summed E-state index contributed by atoms with van der Waals surface area (Å²) in [6.45, 7) is 1.27. The summed E-state index contributed by atoms with van der Waals surface area (Å²) in [6, 6.07) is 9.64. The molecule has 1 rings (SSSR count). The summed E-state index contributed by atoms with van der Waals surface area (Å²) < 4.78 is 26.9. The van der Waals surface area contributed by atoms with Crippen LogP contribution in [0.2, 0.25) is 0 Å². The Bertz CT molecular complexity index is 446. The SMILES string of the molecule is C[N+](C)(C)CCOP(=O)([O-])OCCOCc1ccccc1. The first-order valence-corrected chi connectivity index (χ1v) is 8.27. The molecule has 0 aliphatic carbocycles. The molecule has 0 N–H and O–H groups in total. The smallest absolute Gasteiger partial charge is 0.268 e. The van der Waals surface area contributed by atoms with Crippen molar-refractivity contribution in [1.29, 1.82) is 0 Å². The molecule has 0 saturated carbocycles. The summed E-state index contributed by atoms with van der Waals surface area (Å²) in [4.78, 5) is 11.5. The van der Waals surface area contributed by atoms with E-state index >= 15 is 0 Å². The maximum absolute atomic E-state index is 11.5. The number of phosphoric acid groups is 1. The molecule has 0 fully saturated rings. The molecule has 1 atom stereocenters. The number of phosphoric ester groups is 1. The lowest BCUT2D eigenvalue weighted by Crippen LogP contribution is -2.37. The summed E-state index contributed by atoms with van der Waals surface area (Å²) in [5.74, 6) is 0. The fourth-order valence-electron chi connectivity index (χ4n) is 1.44. The van der Waals surface area contributed by atoms with Gasteiger partial charge in [0, 0.05) is 0 Å². The van der Waals surface area contributed by atoms with Gasteiger partial charge in [-0.3, -0.25) is 4.57 Å². The number of hydrogen-bond donors (Lipinski definition) is 0. The van der Waals surface area contributed by atoms with Crippen molar-refractivity contribution >= 4 is 7.82 Å². The highest BCUT2D eigenvalue weighted by molar-refractivity contribution is 7.45. The van der Waals surface area contributed by atoms with Gasteiger partial charge in [-0.15, -0.1) is 0 Å². The maximum atomic E-state index is 11.5. The van der Waals surface area contributed by atoms with Gasteiger partial charge in [0.2, 0.25) is 0 Å². The first-order valence-electron chi connectivity index (χ1n) is 6.81. The molecule has 120 valence electrons. The molecular weight excluding hydrogens is 293 g/mol. The van der Waals surface area contributed by atoms with E-state index in [1.807, 2.05) is 51.5 Å². The number of nitrogens with zero attached hydrogens (tertiary/aromatic N) is 1. The highest BCUT2D eigenvalue weighted by Crippen LogP contribution is 2.37. The number of rotatable bonds is 10. The molecule has 0 spiro atoms. The van der Waals surface area contributed by atoms with Crippen molar-refractivity contribution in [2.24, 2.45) is 0 Å². The largest absolute Gasteiger partial charge is 0.756 e. The third-order valence-corrected chi connectivity index (χ3v) is 3.60. The molecule has 0 aromatic heterocycles. The Morgan fingerprint density at radius 3 is 2.29 bits per heavy atom. The van der Waals surface area contributed by atoms with Gasteiger partial charge in [0.1, 0.15) is 13.2 Å². The molecule has 6 nitrogen and oxygen atoms in total.